The Hall–Kier alpha value is -2.10. The van der Waals surface area contributed by atoms with Crippen LogP contribution in [0.2, 0.25) is 0 Å². The van der Waals surface area contributed by atoms with Crippen molar-refractivity contribution in [3.63, 3.8) is 0 Å². The third kappa shape index (κ3) is 2.46. The third-order valence-electron chi connectivity index (χ3n) is 3.90. The molecule has 0 saturated carbocycles. The number of nitrogens with one attached hydrogen (secondary N) is 1. The van der Waals surface area contributed by atoms with E-state index in [0.29, 0.717) is 5.92 Å². The average Bonchev–Trinajstić information content (AvgIpc) is 2.93. The quantitative estimate of drug-likeness (QED) is 0.935. The maximum absolute atomic E-state index is 5.56. The Balaban J connectivity index is 2.09. The third-order valence-corrected chi connectivity index (χ3v) is 3.90. The van der Waals surface area contributed by atoms with Gasteiger partial charge in [0.2, 0.25) is 0 Å². The molecular weight excluding hydrogens is 262 g/mol. The number of benzene rings is 1. The summed E-state index contributed by atoms with van der Waals surface area (Å²) in [6.45, 7) is 7.16. The highest BCUT2D eigenvalue weighted by Crippen LogP contribution is 2.31. The van der Waals surface area contributed by atoms with E-state index in [1.165, 1.54) is 11.1 Å². The molecule has 0 fully saturated rings. The lowest BCUT2D eigenvalue weighted by Gasteiger charge is -2.15. The highest BCUT2D eigenvalue weighted by molar-refractivity contribution is 5.63. The monoisotopic (exact) mass is 283 g/mol. The van der Waals surface area contributed by atoms with Crippen molar-refractivity contribution in [2.24, 2.45) is 0 Å². The smallest absolute Gasteiger partial charge is 0.161 e. The van der Waals surface area contributed by atoms with Gasteiger partial charge in [0.25, 0.3) is 0 Å². The first-order valence-corrected chi connectivity index (χ1v) is 7.42. The zero-order chi connectivity index (χ0) is 15.0. The zero-order valence-corrected chi connectivity index (χ0v) is 13.0. The number of fused-ring (bicyclic) bond motifs is 1. The summed E-state index contributed by atoms with van der Waals surface area (Å²) in [7, 11) is 1.91. The van der Waals surface area contributed by atoms with Crippen LogP contribution in [0, 0.1) is 6.92 Å². The van der Waals surface area contributed by atoms with E-state index < -0.39 is 0 Å². The fraction of sp³-hybridized carbons (Fsp3) is 0.412. The highest BCUT2D eigenvalue weighted by Gasteiger charge is 2.17. The summed E-state index contributed by atoms with van der Waals surface area (Å²) in [6, 6.07) is 6.20. The number of rotatable bonds is 3. The summed E-state index contributed by atoms with van der Waals surface area (Å²) in [4.78, 5) is 9.41. The minimum absolute atomic E-state index is 0.398. The van der Waals surface area contributed by atoms with Crippen molar-refractivity contribution in [1.29, 1.82) is 0 Å². The molecular formula is C17H21N3O. The number of nitrogens with zero attached hydrogens (tertiary/aromatic N) is 2. The van der Waals surface area contributed by atoms with Crippen molar-refractivity contribution in [2.45, 2.75) is 33.1 Å². The van der Waals surface area contributed by atoms with Gasteiger partial charge in [-0.25, -0.2) is 9.97 Å². The van der Waals surface area contributed by atoms with Gasteiger partial charge in [0.15, 0.2) is 5.82 Å². The Bertz CT molecular complexity index is 680. The molecule has 1 N–H and O–H groups in total. The second-order valence-corrected chi connectivity index (χ2v) is 5.72. The standard InChI is InChI=1S/C17H21N3O/c1-10(2)15-11(3)19-16(20-17(15)18-4)13-5-6-14-12(9-13)7-8-21-14/h5-6,9-10H,7-8H2,1-4H3,(H,18,19,20). The van der Waals surface area contributed by atoms with Gasteiger partial charge in [-0.2, -0.15) is 0 Å². The Morgan fingerprint density at radius 2 is 2.05 bits per heavy atom. The predicted molar refractivity (Wildman–Crippen MR) is 85.0 cm³/mol. The Kier molecular flexibility index (Phi) is 3.53. The lowest BCUT2D eigenvalue weighted by Crippen LogP contribution is -2.07. The Morgan fingerprint density at radius 1 is 1.24 bits per heavy atom. The molecule has 0 amide bonds. The first-order valence-electron chi connectivity index (χ1n) is 7.42. The second kappa shape index (κ2) is 5.35. The van der Waals surface area contributed by atoms with E-state index in [1.807, 2.05) is 19.2 Å². The van der Waals surface area contributed by atoms with E-state index in [4.69, 9.17) is 14.7 Å². The Labute approximate surface area is 125 Å². The molecule has 4 heteroatoms. The number of hydrogen-bond donors (Lipinski definition) is 1. The molecule has 0 unspecified atom stereocenters. The van der Waals surface area contributed by atoms with Crippen LogP contribution in [-0.4, -0.2) is 23.6 Å². The molecule has 2 heterocycles. The minimum atomic E-state index is 0.398. The Morgan fingerprint density at radius 3 is 2.76 bits per heavy atom. The van der Waals surface area contributed by atoms with Gasteiger partial charge in [0.05, 0.1) is 6.61 Å². The topological polar surface area (TPSA) is 47.0 Å². The maximum atomic E-state index is 5.56. The molecule has 1 aromatic carbocycles. The lowest BCUT2D eigenvalue weighted by atomic mass is 10.0. The molecule has 0 saturated heterocycles. The molecule has 1 aliphatic rings. The average molecular weight is 283 g/mol. The summed E-state index contributed by atoms with van der Waals surface area (Å²) in [5, 5.41) is 3.20. The van der Waals surface area contributed by atoms with Crippen molar-refractivity contribution < 1.29 is 4.74 Å². The molecule has 0 radical (unpaired) electrons. The van der Waals surface area contributed by atoms with Gasteiger partial charge in [-0.05, 0) is 36.6 Å². The first kappa shape index (κ1) is 13.9. The number of aryl methyl sites for hydroxylation is 1. The van der Waals surface area contributed by atoms with Crippen molar-refractivity contribution in [2.75, 3.05) is 19.0 Å². The van der Waals surface area contributed by atoms with Crippen LogP contribution in [0.3, 0.4) is 0 Å². The fourth-order valence-corrected chi connectivity index (χ4v) is 2.92. The number of anilines is 1. The van der Waals surface area contributed by atoms with E-state index >= 15 is 0 Å². The van der Waals surface area contributed by atoms with E-state index in [2.05, 4.69) is 32.2 Å². The molecule has 0 atom stereocenters. The summed E-state index contributed by atoms with van der Waals surface area (Å²) in [5.41, 5.74) is 4.52. The van der Waals surface area contributed by atoms with E-state index in [0.717, 1.165) is 41.7 Å². The van der Waals surface area contributed by atoms with Crippen LogP contribution >= 0.6 is 0 Å². The summed E-state index contributed by atoms with van der Waals surface area (Å²) >= 11 is 0. The van der Waals surface area contributed by atoms with Gasteiger partial charge in [0.1, 0.15) is 11.6 Å². The van der Waals surface area contributed by atoms with Crippen LogP contribution in [0.1, 0.15) is 36.6 Å². The number of hydrogen-bond acceptors (Lipinski definition) is 4. The maximum Gasteiger partial charge on any atom is 0.161 e. The van der Waals surface area contributed by atoms with Gasteiger partial charge in [0, 0.05) is 30.3 Å². The first-order chi connectivity index (χ1) is 10.1. The summed E-state index contributed by atoms with van der Waals surface area (Å²) < 4.78 is 5.56. The normalized spacial score (nSPS) is 13.2. The van der Waals surface area contributed by atoms with Gasteiger partial charge in [-0.3, -0.25) is 0 Å². The molecule has 4 nitrogen and oxygen atoms in total. The minimum Gasteiger partial charge on any atom is -0.493 e. The molecule has 0 spiro atoms. The second-order valence-electron chi connectivity index (χ2n) is 5.72. The molecule has 21 heavy (non-hydrogen) atoms. The van der Waals surface area contributed by atoms with Crippen LogP contribution in [0.5, 0.6) is 5.75 Å². The highest BCUT2D eigenvalue weighted by atomic mass is 16.5. The largest absolute Gasteiger partial charge is 0.493 e. The molecule has 1 aliphatic heterocycles. The summed E-state index contributed by atoms with van der Waals surface area (Å²) in [5.74, 6) is 3.08. The molecule has 2 aromatic rings. The molecule has 0 aliphatic carbocycles. The van der Waals surface area contributed by atoms with Crippen molar-refractivity contribution in [1.82, 2.24) is 9.97 Å². The van der Waals surface area contributed by atoms with E-state index in [9.17, 15) is 0 Å². The van der Waals surface area contributed by atoms with Crippen LogP contribution < -0.4 is 10.1 Å². The van der Waals surface area contributed by atoms with Gasteiger partial charge < -0.3 is 10.1 Å². The molecule has 110 valence electrons. The van der Waals surface area contributed by atoms with Crippen molar-refractivity contribution >= 4 is 5.82 Å². The molecule has 1 aromatic heterocycles. The SMILES string of the molecule is CNc1nc(-c2ccc3c(c2)CCO3)nc(C)c1C(C)C. The van der Waals surface area contributed by atoms with Gasteiger partial charge >= 0.3 is 0 Å². The number of aromatic nitrogens is 2. The summed E-state index contributed by atoms with van der Waals surface area (Å²) in [6.07, 6.45) is 0.963. The van der Waals surface area contributed by atoms with Crippen molar-refractivity contribution in [3.05, 3.63) is 35.0 Å². The van der Waals surface area contributed by atoms with Crippen LogP contribution in [0.25, 0.3) is 11.4 Å². The predicted octanol–water partition coefficient (Wildman–Crippen LogP) is 3.55. The lowest BCUT2D eigenvalue weighted by molar-refractivity contribution is 0.357. The van der Waals surface area contributed by atoms with Gasteiger partial charge in [-0.15, -0.1) is 0 Å². The molecule has 0 bridgehead atoms. The van der Waals surface area contributed by atoms with E-state index in [-0.39, 0.29) is 0 Å². The van der Waals surface area contributed by atoms with Gasteiger partial charge in [-0.1, -0.05) is 13.8 Å². The van der Waals surface area contributed by atoms with Crippen molar-refractivity contribution in [3.8, 4) is 17.1 Å². The fourth-order valence-electron chi connectivity index (χ4n) is 2.92. The van der Waals surface area contributed by atoms with Crippen LogP contribution in [0.4, 0.5) is 5.82 Å². The molecule has 3 rings (SSSR count). The van der Waals surface area contributed by atoms with E-state index in [1.54, 1.807) is 0 Å². The zero-order valence-electron chi connectivity index (χ0n) is 13.0. The van der Waals surface area contributed by atoms with Crippen LogP contribution in [-0.2, 0) is 6.42 Å². The van der Waals surface area contributed by atoms with Crippen LogP contribution in [0.15, 0.2) is 18.2 Å². The number of ether oxygens (including phenoxy) is 1.